The van der Waals surface area contributed by atoms with Crippen molar-refractivity contribution < 1.29 is 9.47 Å². The third kappa shape index (κ3) is 4.06. The fourth-order valence-corrected chi connectivity index (χ4v) is 3.84. The minimum atomic E-state index is 0.261. The van der Waals surface area contributed by atoms with E-state index in [4.69, 9.17) is 14.5 Å². The Bertz CT molecular complexity index is 1220. The van der Waals surface area contributed by atoms with Crippen molar-refractivity contribution in [2.45, 2.75) is 18.9 Å². The number of fused-ring (bicyclic) bond motifs is 1. The van der Waals surface area contributed by atoms with Crippen LogP contribution >= 0.6 is 0 Å². The number of rotatable bonds is 6. The molecule has 1 aliphatic rings. The number of hydrogen-bond acceptors (Lipinski definition) is 7. The first-order valence-electron chi connectivity index (χ1n) is 10.3. The van der Waals surface area contributed by atoms with Crippen LogP contribution in [0.15, 0.2) is 49.1 Å². The molecule has 1 aliphatic heterocycles. The molecule has 8 nitrogen and oxygen atoms in total. The van der Waals surface area contributed by atoms with Gasteiger partial charge in [-0.15, -0.1) is 0 Å². The quantitative estimate of drug-likeness (QED) is 0.516. The zero-order valence-electron chi connectivity index (χ0n) is 17.6. The molecule has 1 atom stereocenters. The van der Waals surface area contributed by atoms with Gasteiger partial charge in [0.2, 0.25) is 0 Å². The number of nitrogens with zero attached hydrogens (tertiary/aromatic N) is 5. The third-order valence-corrected chi connectivity index (χ3v) is 5.49. The normalized spacial score (nSPS) is 16.0. The molecule has 0 radical (unpaired) electrons. The first-order chi connectivity index (χ1) is 15.2. The molecule has 4 aromatic rings. The Balaban J connectivity index is 1.44. The minimum Gasteiger partial charge on any atom is -0.496 e. The van der Waals surface area contributed by atoms with Gasteiger partial charge in [0.1, 0.15) is 17.1 Å². The highest BCUT2D eigenvalue weighted by molar-refractivity contribution is 5.87. The molecule has 0 saturated carbocycles. The highest BCUT2D eigenvalue weighted by Gasteiger charge is 2.18. The van der Waals surface area contributed by atoms with E-state index in [1.165, 1.54) is 0 Å². The van der Waals surface area contributed by atoms with Gasteiger partial charge in [0.15, 0.2) is 5.82 Å². The van der Waals surface area contributed by atoms with Crippen molar-refractivity contribution in [2.75, 3.05) is 25.6 Å². The van der Waals surface area contributed by atoms with Gasteiger partial charge >= 0.3 is 0 Å². The van der Waals surface area contributed by atoms with Gasteiger partial charge < -0.3 is 14.8 Å². The molecule has 8 heteroatoms. The van der Waals surface area contributed by atoms with Crippen molar-refractivity contribution in [1.29, 1.82) is 0 Å². The summed E-state index contributed by atoms with van der Waals surface area (Å²) in [6.45, 7) is 1.47. The average Bonchev–Trinajstić information content (AvgIpc) is 3.46. The molecule has 1 N–H and O–H groups in total. The number of aromatic nitrogens is 5. The lowest BCUT2D eigenvalue weighted by Gasteiger charge is -2.13. The molecule has 0 spiro atoms. The largest absolute Gasteiger partial charge is 0.496 e. The first kappa shape index (κ1) is 19.4. The molecule has 158 valence electrons. The number of ether oxygens (including phenoxy) is 2. The lowest BCUT2D eigenvalue weighted by atomic mass is 10.0. The monoisotopic (exact) mass is 416 g/mol. The lowest BCUT2D eigenvalue weighted by molar-refractivity contribution is 0.195. The van der Waals surface area contributed by atoms with E-state index in [0.29, 0.717) is 13.0 Å². The molecular weight excluding hydrogens is 392 g/mol. The zero-order valence-corrected chi connectivity index (χ0v) is 17.6. The summed E-state index contributed by atoms with van der Waals surface area (Å²) in [6, 6.07) is 8.36. The summed E-state index contributed by atoms with van der Waals surface area (Å²) in [5.41, 5.74) is 3.96. The number of benzene rings is 1. The highest BCUT2D eigenvalue weighted by Crippen LogP contribution is 2.29. The standard InChI is InChI=1S/C23H24N6O2/c1-29-13-18(12-26-29)15-3-4-16(20(9-15)30-2)10-21-25-11-17-5-7-24-23(22(17)28-21)27-19-6-8-31-14-19/h3-5,7,9,11-13,19H,6,8,10,14H2,1-2H3,(H,24,27). The van der Waals surface area contributed by atoms with Gasteiger partial charge in [-0.3, -0.25) is 4.68 Å². The second-order valence-electron chi connectivity index (χ2n) is 7.69. The number of aryl methyl sites for hydroxylation is 1. The molecule has 1 saturated heterocycles. The Hall–Kier alpha value is -3.52. The smallest absolute Gasteiger partial charge is 0.152 e. The van der Waals surface area contributed by atoms with Gasteiger partial charge in [0, 0.05) is 55.2 Å². The molecule has 1 aromatic carbocycles. The molecule has 5 rings (SSSR count). The van der Waals surface area contributed by atoms with E-state index in [2.05, 4.69) is 32.5 Å². The van der Waals surface area contributed by atoms with Crippen molar-refractivity contribution >= 4 is 16.7 Å². The van der Waals surface area contributed by atoms with Crippen LogP contribution in [0.5, 0.6) is 5.75 Å². The Morgan fingerprint density at radius 3 is 2.90 bits per heavy atom. The molecule has 0 aliphatic carbocycles. The topological polar surface area (TPSA) is 87.0 Å². The zero-order chi connectivity index (χ0) is 21.2. The van der Waals surface area contributed by atoms with Gasteiger partial charge in [-0.2, -0.15) is 5.10 Å². The molecule has 4 heterocycles. The molecule has 0 bridgehead atoms. The Kier molecular flexibility index (Phi) is 5.21. The summed E-state index contributed by atoms with van der Waals surface area (Å²) in [7, 11) is 3.59. The van der Waals surface area contributed by atoms with Crippen molar-refractivity contribution in [2.24, 2.45) is 7.05 Å². The van der Waals surface area contributed by atoms with Crippen LogP contribution in [0, 0.1) is 0 Å². The van der Waals surface area contributed by atoms with Crippen molar-refractivity contribution in [3.05, 3.63) is 60.4 Å². The number of pyridine rings is 1. The Morgan fingerprint density at radius 2 is 2.13 bits per heavy atom. The summed E-state index contributed by atoms with van der Waals surface area (Å²) in [5.74, 6) is 2.30. The third-order valence-electron chi connectivity index (χ3n) is 5.49. The van der Waals surface area contributed by atoms with E-state index >= 15 is 0 Å². The van der Waals surface area contributed by atoms with Gasteiger partial charge in [-0.1, -0.05) is 12.1 Å². The number of hydrogen-bond donors (Lipinski definition) is 1. The predicted octanol–water partition coefficient (Wildman–Crippen LogP) is 3.23. The summed E-state index contributed by atoms with van der Waals surface area (Å²) >= 11 is 0. The Morgan fingerprint density at radius 1 is 1.19 bits per heavy atom. The maximum Gasteiger partial charge on any atom is 0.152 e. The lowest BCUT2D eigenvalue weighted by Crippen LogP contribution is -2.20. The predicted molar refractivity (Wildman–Crippen MR) is 118 cm³/mol. The minimum absolute atomic E-state index is 0.261. The number of methoxy groups -OCH3 is 1. The second kappa shape index (κ2) is 8.31. The van der Waals surface area contributed by atoms with Crippen LogP contribution in [0.2, 0.25) is 0 Å². The van der Waals surface area contributed by atoms with Crippen LogP contribution in [0.4, 0.5) is 5.82 Å². The van der Waals surface area contributed by atoms with Crippen LogP contribution in [-0.4, -0.2) is 51.1 Å². The molecule has 31 heavy (non-hydrogen) atoms. The molecule has 3 aromatic heterocycles. The number of nitrogens with one attached hydrogen (secondary N) is 1. The average molecular weight is 416 g/mol. The number of anilines is 1. The van der Waals surface area contributed by atoms with E-state index in [9.17, 15) is 0 Å². The van der Waals surface area contributed by atoms with E-state index in [-0.39, 0.29) is 6.04 Å². The summed E-state index contributed by atoms with van der Waals surface area (Å²) in [4.78, 5) is 13.9. The molecule has 1 fully saturated rings. The maximum atomic E-state index is 5.67. The summed E-state index contributed by atoms with van der Waals surface area (Å²) in [5, 5.41) is 8.67. The summed E-state index contributed by atoms with van der Waals surface area (Å²) < 4.78 is 12.9. The SMILES string of the molecule is COc1cc(-c2cnn(C)c2)ccc1Cc1ncc2ccnc(NC3CCOC3)c2n1. The molecule has 1 unspecified atom stereocenters. The van der Waals surface area contributed by atoms with Crippen LogP contribution in [0.25, 0.3) is 22.0 Å². The first-order valence-corrected chi connectivity index (χ1v) is 10.3. The van der Waals surface area contributed by atoms with Gasteiger partial charge in [-0.25, -0.2) is 15.0 Å². The van der Waals surface area contributed by atoms with E-state index < -0.39 is 0 Å². The highest BCUT2D eigenvalue weighted by atomic mass is 16.5. The van der Waals surface area contributed by atoms with Crippen LogP contribution in [0.1, 0.15) is 17.8 Å². The second-order valence-corrected chi connectivity index (χ2v) is 7.69. The van der Waals surface area contributed by atoms with Crippen LogP contribution < -0.4 is 10.1 Å². The van der Waals surface area contributed by atoms with Crippen LogP contribution in [0.3, 0.4) is 0 Å². The maximum absolute atomic E-state index is 5.67. The van der Waals surface area contributed by atoms with E-state index in [1.54, 1.807) is 18.0 Å². The summed E-state index contributed by atoms with van der Waals surface area (Å²) in [6.07, 6.45) is 9.00. The van der Waals surface area contributed by atoms with Crippen molar-refractivity contribution in [1.82, 2.24) is 24.7 Å². The van der Waals surface area contributed by atoms with Gasteiger partial charge in [0.25, 0.3) is 0 Å². The van der Waals surface area contributed by atoms with Crippen LogP contribution in [-0.2, 0) is 18.2 Å². The van der Waals surface area contributed by atoms with E-state index in [1.807, 2.05) is 37.8 Å². The fraction of sp³-hybridized carbons (Fsp3) is 0.304. The van der Waals surface area contributed by atoms with Gasteiger partial charge in [-0.05, 0) is 24.1 Å². The Labute approximate surface area is 180 Å². The molecular formula is C23H24N6O2. The van der Waals surface area contributed by atoms with E-state index in [0.717, 1.165) is 58.0 Å². The van der Waals surface area contributed by atoms with Crippen molar-refractivity contribution in [3.8, 4) is 16.9 Å². The van der Waals surface area contributed by atoms with Crippen molar-refractivity contribution in [3.63, 3.8) is 0 Å². The van der Waals surface area contributed by atoms with Gasteiger partial charge in [0.05, 0.1) is 26.0 Å². The molecule has 0 amide bonds. The fourth-order valence-electron chi connectivity index (χ4n) is 3.84.